The molecule has 8 nitrogen and oxygen atoms in total. The SMILES string of the molecule is CC/C=C/C/C=C/C/C=C/CCCCCCCCCCCCCCCC(=O)OC(COCCC(C(=O)O)[N+](C)(C)C)COC(=O)CCCC/C=C/C/C=C/CC. The maximum Gasteiger partial charge on any atom is 0.362 e. The number of likely N-dealkylation sites (N-methyl/N-ethyl adjacent to an activating group) is 1. The number of carbonyl (C=O) groups is 3. The van der Waals surface area contributed by atoms with Crippen molar-refractivity contribution >= 4 is 17.9 Å². The Kier molecular flexibility index (Phi) is 36.8. The Balaban J connectivity index is 4.20. The smallest absolute Gasteiger partial charge is 0.362 e. The number of allylic oxidation sites excluding steroid dienone is 10. The molecule has 0 aliphatic heterocycles. The van der Waals surface area contributed by atoms with E-state index in [4.69, 9.17) is 14.2 Å². The van der Waals surface area contributed by atoms with E-state index in [-0.39, 0.29) is 36.2 Å². The van der Waals surface area contributed by atoms with E-state index >= 15 is 0 Å². The van der Waals surface area contributed by atoms with Crippen LogP contribution < -0.4 is 0 Å². The molecule has 322 valence electrons. The summed E-state index contributed by atoms with van der Waals surface area (Å²) in [5.74, 6) is -1.52. The third kappa shape index (κ3) is 36.7. The average Bonchev–Trinajstić information content (AvgIpc) is 3.15. The minimum Gasteiger partial charge on any atom is -0.477 e. The van der Waals surface area contributed by atoms with Gasteiger partial charge in [0.05, 0.1) is 34.4 Å². The van der Waals surface area contributed by atoms with Gasteiger partial charge in [0.1, 0.15) is 6.61 Å². The molecule has 2 atom stereocenters. The summed E-state index contributed by atoms with van der Waals surface area (Å²) in [5.41, 5.74) is 0. The lowest BCUT2D eigenvalue weighted by Crippen LogP contribution is -2.50. The van der Waals surface area contributed by atoms with Gasteiger partial charge in [0.15, 0.2) is 12.1 Å². The summed E-state index contributed by atoms with van der Waals surface area (Å²) in [6.45, 7) is 4.46. The van der Waals surface area contributed by atoms with Gasteiger partial charge < -0.3 is 23.8 Å². The molecule has 0 aliphatic carbocycles. The molecule has 0 amide bonds. The first-order valence-electron chi connectivity index (χ1n) is 22.3. The molecule has 8 heteroatoms. The number of carboxylic acid groups (broad SMARTS) is 1. The highest BCUT2D eigenvalue weighted by Crippen LogP contribution is 2.15. The molecule has 0 aromatic heterocycles. The van der Waals surface area contributed by atoms with Gasteiger partial charge in [0.25, 0.3) is 0 Å². The number of esters is 2. The Morgan fingerprint density at radius 3 is 1.43 bits per heavy atom. The van der Waals surface area contributed by atoms with Gasteiger partial charge >= 0.3 is 17.9 Å². The van der Waals surface area contributed by atoms with Crippen LogP contribution in [-0.4, -0.2) is 80.6 Å². The van der Waals surface area contributed by atoms with Crippen molar-refractivity contribution in [3.05, 3.63) is 60.8 Å². The van der Waals surface area contributed by atoms with Gasteiger partial charge in [-0.3, -0.25) is 9.59 Å². The molecule has 0 aromatic carbocycles. The molecule has 0 aliphatic rings. The van der Waals surface area contributed by atoms with Crippen molar-refractivity contribution in [2.24, 2.45) is 0 Å². The number of rotatable bonds is 39. The number of hydrogen-bond donors (Lipinski definition) is 1. The molecule has 0 fully saturated rings. The Bertz CT molecular complexity index is 1100. The topological polar surface area (TPSA) is 99.1 Å². The molecule has 0 spiro atoms. The lowest BCUT2D eigenvalue weighted by molar-refractivity contribution is -0.887. The van der Waals surface area contributed by atoms with E-state index in [1.54, 1.807) is 0 Å². The van der Waals surface area contributed by atoms with Gasteiger partial charge in [0.2, 0.25) is 0 Å². The molecule has 2 unspecified atom stereocenters. The van der Waals surface area contributed by atoms with Crippen molar-refractivity contribution in [2.45, 2.75) is 187 Å². The fourth-order valence-electron chi connectivity index (χ4n) is 6.26. The normalized spacial score (nSPS) is 13.5. The molecule has 56 heavy (non-hydrogen) atoms. The van der Waals surface area contributed by atoms with Crippen molar-refractivity contribution in [2.75, 3.05) is 41.0 Å². The summed E-state index contributed by atoms with van der Waals surface area (Å²) in [4.78, 5) is 36.9. The van der Waals surface area contributed by atoms with Crippen molar-refractivity contribution < 1.29 is 38.2 Å². The van der Waals surface area contributed by atoms with Crippen LogP contribution in [0.4, 0.5) is 0 Å². The van der Waals surface area contributed by atoms with E-state index in [1.807, 2.05) is 21.1 Å². The lowest BCUT2D eigenvalue weighted by Gasteiger charge is -2.31. The van der Waals surface area contributed by atoms with Gasteiger partial charge in [-0.05, 0) is 70.6 Å². The maximum absolute atomic E-state index is 12.7. The summed E-state index contributed by atoms with van der Waals surface area (Å²) < 4.78 is 17.2. The number of carbonyl (C=O) groups excluding carboxylic acids is 2. The van der Waals surface area contributed by atoms with E-state index in [1.165, 1.54) is 70.6 Å². The third-order valence-electron chi connectivity index (χ3n) is 9.66. The zero-order chi connectivity index (χ0) is 41.4. The highest BCUT2D eigenvalue weighted by molar-refractivity contribution is 5.72. The number of aliphatic carboxylic acids is 1. The highest BCUT2D eigenvalue weighted by Gasteiger charge is 2.31. The van der Waals surface area contributed by atoms with Gasteiger partial charge in [0, 0.05) is 19.3 Å². The number of carboxylic acids is 1. The number of nitrogens with zero attached hydrogens (tertiary/aromatic N) is 1. The van der Waals surface area contributed by atoms with Crippen LogP contribution in [0.5, 0.6) is 0 Å². The fourth-order valence-corrected chi connectivity index (χ4v) is 6.26. The van der Waals surface area contributed by atoms with Crippen LogP contribution >= 0.6 is 0 Å². The quantitative estimate of drug-likeness (QED) is 0.0287. The Morgan fingerprint density at radius 2 is 0.946 bits per heavy atom. The summed E-state index contributed by atoms with van der Waals surface area (Å²) in [6, 6.07) is -0.620. The molecule has 0 radical (unpaired) electrons. The van der Waals surface area contributed by atoms with Gasteiger partial charge in [-0.25, -0.2) is 4.79 Å². The molecular formula is C48H84NO7+. The Labute approximate surface area is 343 Å². The molecule has 0 saturated carbocycles. The van der Waals surface area contributed by atoms with E-state index < -0.39 is 18.1 Å². The first kappa shape index (κ1) is 53.0. The summed E-state index contributed by atoms with van der Waals surface area (Å²) in [6.07, 6.45) is 47.2. The van der Waals surface area contributed by atoms with E-state index in [0.717, 1.165) is 70.6 Å². The maximum atomic E-state index is 12.7. The monoisotopic (exact) mass is 787 g/mol. The minimum absolute atomic E-state index is 0.0491. The van der Waals surface area contributed by atoms with Gasteiger partial charge in [-0.15, -0.1) is 0 Å². The molecule has 1 N–H and O–H groups in total. The molecule has 0 bridgehead atoms. The third-order valence-corrected chi connectivity index (χ3v) is 9.66. The standard InChI is InChI=1S/C48H83NO7/c1-6-8-10-12-14-16-17-18-19-20-21-22-23-24-25-26-27-28-29-31-33-35-37-39-47(51)56-44(42-54-41-40-45(48(52)53)49(3,4)5)43-55-46(50)38-36-34-32-30-15-13-11-9-7-2/h8-11,14-16,18-19,30,44-45H,6-7,12-13,17,20-29,31-43H2,1-5H3/p+1/b10-8+,11-9+,16-14+,19-18+,30-15+. The van der Waals surface area contributed by atoms with Crippen molar-refractivity contribution in [1.29, 1.82) is 0 Å². The average molecular weight is 787 g/mol. The molecule has 0 saturated heterocycles. The first-order chi connectivity index (χ1) is 27.1. The number of unbranched alkanes of at least 4 members (excludes halogenated alkanes) is 15. The zero-order valence-corrected chi connectivity index (χ0v) is 36.6. The van der Waals surface area contributed by atoms with Crippen LogP contribution in [-0.2, 0) is 28.6 Å². The fraction of sp³-hybridized carbons (Fsp3) is 0.729. The first-order valence-corrected chi connectivity index (χ1v) is 22.3. The van der Waals surface area contributed by atoms with Crippen LogP contribution in [0.3, 0.4) is 0 Å². The Hall–Kier alpha value is -2.97. The number of ether oxygens (including phenoxy) is 3. The van der Waals surface area contributed by atoms with E-state index in [2.05, 4.69) is 74.6 Å². The predicted molar refractivity (Wildman–Crippen MR) is 234 cm³/mol. The highest BCUT2D eigenvalue weighted by atomic mass is 16.6. The van der Waals surface area contributed by atoms with Crippen LogP contribution in [0.15, 0.2) is 60.8 Å². The molecular weight excluding hydrogens is 703 g/mol. The number of quaternary nitrogens is 1. The largest absolute Gasteiger partial charge is 0.477 e. The minimum atomic E-state index is -0.881. The van der Waals surface area contributed by atoms with Crippen LogP contribution in [0.2, 0.25) is 0 Å². The predicted octanol–water partition coefficient (Wildman–Crippen LogP) is 12.2. The second-order valence-corrected chi connectivity index (χ2v) is 15.9. The molecule has 0 aromatic rings. The van der Waals surface area contributed by atoms with Crippen molar-refractivity contribution in [1.82, 2.24) is 0 Å². The zero-order valence-electron chi connectivity index (χ0n) is 36.6. The lowest BCUT2D eigenvalue weighted by atomic mass is 10.0. The number of hydrogen-bond acceptors (Lipinski definition) is 6. The van der Waals surface area contributed by atoms with Gasteiger partial charge in [-0.1, -0.05) is 145 Å². The molecule has 0 heterocycles. The van der Waals surface area contributed by atoms with Crippen LogP contribution in [0, 0.1) is 0 Å². The van der Waals surface area contributed by atoms with Crippen LogP contribution in [0.25, 0.3) is 0 Å². The second kappa shape index (κ2) is 38.9. The second-order valence-electron chi connectivity index (χ2n) is 15.9. The van der Waals surface area contributed by atoms with Gasteiger partial charge in [-0.2, -0.15) is 0 Å². The van der Waals surface area contributed by atoms with Crippen LogP contribution in [0.1, 0.15) is 174 Å². The van der Waals surface area contributed by atoms with Crippen molar-refractivity contribution in [3.63, 3.8) is 0 Å². The Morgan fingerprint density at radius 1 is 0.536 bits per heavy atom. The summed E-state index contributed by atoms with van der Waals surface area (Å²) >= 11 is 0. The van der Waals surface area contributed by atoms with E-state index in [9.17, 15) is 19.5 Å². The van der Waals surface area contributed by atoms with Crippen molar-refractivity contribution in [3.8, 4) is 0 Å². The summed E-state index contributed by atoms with van der Waals surface area (Å²) in [7, 11) is 5.51. The molecule has 0 rings (SSSR count). The summed E-state index contributed by atoms with van der Waals surface area (Å²) in [5, 5.41) is 9.60. The van der Waals surface area contributed by atoms with E-state index in [0.29, 0.717) is 19.3 Å².